The highest BCUT2D eigenvalue weighted by atomic mass is 16.6. The predicted molar refractivity (Wildman–Crippen MR) is 47.0 cm³/mol. The second kappa shape index (κ2) is 2.50. The molecule has 0 fully saturated rings. The molecule has 1 atom stereocenters. The minimum atomic E-state index is 0.185. The summed E-state index contributed by atoms with van der Waals surface area (Å²) in [7, 11) is 0. The van der Waals surface area contributed by atoms with Gasteiger partial charge in [0.2, 0.25) is 0 Å². The van der Waals surface area contributed by atoms with Gasteiger partial charge in [0, 0.05) is 11.1 Å². The predicted octanol–water partition coefficient (Wildman–Crippen LogP) is 1.54. The molecule has 1 aromatic carbocycles. The number of hydrogen-bond donors (Lipinski definition) is 1. The van der Waals surface area contributed by atoms with Crippen molar-refractivity contribution >= 4 is 0 Å². The van der Waals surface area contributed by atoms with E-state index in [1.165, 1.54) is 0 Å². The molecule has 13 heavy (non-hydrogen) atoms. The van der Waals surface area contributed by atoms with E-state index in [2.05, 4.69) is 11.5 Å². The van der Waals surface area contributed by atoms with Gasteiger partial charge in [-0.05, 0) is 6.07 Å². The zero-order valence-corrected chi connectivity index (χ0v) is 6.99. The van der Waals surface area contributed by atoms with Gasteiger partial charge in [0.1, 0.15) is 18.6 Å². The van der Waals surface area contributed by atoms with Crippen LogP contribution in [0.1, 0.15) is 11.6 Å². The van der Waals surface area contributed by atoms with E-state index in [1.54, 1.807) is 6.26 Å². The summed E-state index contributed by atoms with van der Waals surface area (Å²) in [6, 6.07) is 8.19. The number of nitrogens with one attached hydrogen (secondary N) is 1. The van der Waals surface area contributed by atoms with Crippen LogP contribution in [0.25, 0.3) is 0 Å². The van der Waals surface area contributed by atoms with Gasteiger partial charge >= 0.3 is 0 Å². The Morgan fingerprint density at radius 1 is 1.31 bits per heavy atom. The van der Waals surface area contributed by atoms with E-state index >= 15 is 0 Å². The first-order chi connectivity index (χ1) is 6.45. The van der Waals surface area contributed by atoms with Crippen molar-refractivity contribution in [3.63, 3.8) is 0 Å². The van der Waals surface area contributed by atoms with E-state index in [9.17, 15) is 0 Å². The Hall–Kier alpha value is -1.48. The van der Waals surface area contributed by atoms with Crippen LogP contribution in [0.5, 0.6) is 5.75 Å². The summed E-state index contributed by atoms with van der Waals surface area (Å²) in [4.78, 5) is 5.06. The van der Waals surface area contributed by atoms with Gasteiger partial charge < -0.3 is 9.57 Å². The molecule has 2 heterocycles. The van der Waals surface area contributed by atoms with E-state index in [-0.39, 0.29) is 6.04 Å². The molecule has 0 spiro atoms. The van der Waals surface area contributed by atoms with Crippen LogP contribution in [0.4, 0.5) is 0 Å². The summed E-state index contributed by atoms with van der Waals surface area (Å²) < 4.78 is 5.55. The van der Waals surface area contributed by atoms with Crippen LogP contribution in [0.3, 0.4) is 0 Å². The van der Waals surface area contributed by atoms with Gasteiger partial charge in [-0.15, -0.1) is 5.48 Å². The van der Waals surface area contributed by atoms with Crippen molar-refractivity contribution in [1.82, 2.24) is 5.48 Å². The molecular formula is C10H9NO2. The number of rotatable bonds is 0. The van der Waals surface area contributed by atoms with E-state index in [4.69, 9.17) is 9.57 Å². The fraction of sp³-hybridized carbons (Fsp3) is 0.200. The first kappa shape index (κ1) is 6.97. The number of benzene rings is 1. The normalized spacial score (nSPS) is 23.7. The van der Waals surface area contributed by atoms with E-state index < -0.39 is 0 Å². The molecule has 1 N–H and O–H groups in total. The topological polar surface area (TPSA) is 30.5 Å². The zero-order valence-electron chi connectivity index (χ0n) is 6.99. The first-order valence-corrected chi connectivity index (χ1v) is 4.27. The Balaban J connectivity index is 2.12. The molecule has 2 aliphatic rings. The van der Waals surface area contributed by atoms with E-state index in [1.807, 2.05) is 18.2 Å². The largest absolute Gasteiger partial charge is 0.489 e. The molecule has 0 radical (unpaired) electrons. The van der Waals surface area contributed by atoms with Gasteiger partial charge in [-0.3, -0.25) is 0 Å². The Morgan fingerprint density at radius 2 is 2.23 bits per heavy atom. The van der Waals surface area contributed by atoms with Crippen LogP contribution in [-0.4, -0.2) is 6.61 Å². The molecule has 0 bridgehead atoms. The minimum absolute atomic E-state index is 0.185. The average Bonchev–Trinajstić information content (AvgIpc) is 2.65. The van der Waals surface area contributed by atoms with Crippen LogP contribution in [-0.2, 0) is 4.84 Å². The third-order valence-electron chi connectivity index (χ3n) is 2.39. The molecule has 2 aliphatic heterocycles. The molecule has 1 unspecified atom stereocenters. The third-order valence-corrected chi connectivity index (χ3v) is 2.39. The Labute approximate surface area is 75.9 Å². The molecule has 66 valence electrons. The average molecular weight is 175 g/mol. The zero-order chi connectivity index (χ0) is 8.67. The third kappa shape index (κ3) is 0.939. The number of ether oxygens (including phenoxy) is 1. The van der Waals surface area contributed by atoms with Gasteiger partial charge in [-0.1, -0.05) is 18.2 Å². The summed E-state index contributed by atoms with van der Waals surface area (Å²) in [6.07, 6.45) is 1.72. The Kier molecular flexibility index (Phi) is 1.34. The standard InChI is InChI=1S/C10H9NO2/c1-2-4-9-8(3-1)10-7(5-12-9)6-13-11-10/h1-4,6,10-11H,5H2. The highest BCUT2D eigenvalue weighted by molar-refractivity contribution is 5.43. The lowest BCUT2D eigenvalue weighted by molar-refractivity contribution is 0.138. The van der Waals surface area contributed by atoms with Crippen molar-refractivity contribution < 1.29 is 9.57 Å². The van der Waals surface area contributed by atoms with Crippen molar-refractivity contribution in [3.05, 3.63) is 41.7 Å². The molecule has 0 aromatic heterocycles. The summed E-state index contributed by atoms with van der Waals surface area (Å²) in [5.41, 5.74) is 5.24. The van der Waals surface area contributed by atoms with Gasteiger partial charge in [0.25, 0.3) is 0 Å². The Bertz CT molecular complexity index is 373. The van der Waals surface area contributed by atoms with Gasteiger partial charge in [-0.2, -0.15) is 0 Å². The minimum Gasteiger partial charge on any atom is -0.489 e. The maximum atomic E-state index is 5.55. The number of fused-ring (bicyclic) bond motifs is 3. The van der Waals surface area contributed by atoms with Crippen LogP contribution in [0.15, 0.2) is 36.1 Å². The molecule has 3 rings (SSSR count). The van der Waals surface area contributed by atoms with Crippen molar-refractivity contribution in [2.24, 2.45) is 0 Å². The quantitative estimate of drug-likeness (QED) is 0.648. The summed E-state index contributed by atoms with van der Waals surface area (Å²) >= 11 is 0. The lowest BCUT2D eigenvalue weighted by atomic mass is 9.98. The van der Waals surface area contributed by atoms with E-state index in [0.717, 1.165) is 16.9 Å². The molecule has 0 saturated heterocycles. The van der Waals surface area contributed by atoms with Crippen molar-refractivity contribution in [2.45, 2.75) is 6.04 Å². The van der Waals surface area contributed by atoms with Crippen LogP contribution in [0.2, 0.25) is 0 Å². The summed E-state index contributed by atoms with van der Waals surface area (Å²) in [5.74, 6) is 0.947. The smallest absolute Gasteiger partial charge is 0.125 e. The number of hydroxylamine groups is 1. The van der Waals surface area contributed by atoms with Crippen LogP contribution < -0.4 is 10.2 Å². The lowest BCUT2D eigenvalue weighted by Gasteiger charge is -2.23. The fourth-order valence-electron chi connectivity index (χ4n) is 1.71. The number of para-hydroxylation sites is 1. The highest BCUT2D eigenvalue weighted by Gasteiger charge is 2.29. The first-order valence-electron chi connectivity index (χ1n) is 4.27. The van der Waals surface area contributed by atoms with E-state index in [0.29, 0.717) is 6.61 Å². The highest BCUT2D eigenvalue weighted by Crippen LogP contribution is 2.36. The second-order valence-electron chi connectivity index (χ2n) is 3.19. The molecule has 0 saturated carbocycles. The van der Waals surface area contributed by atoms with Crippen molar-refractivity contribution in [3.8, 4) is 5.75 Å². The van der Waals surface area contributed by atoms with Crippen molar-refractivity contribution in [1.29, 1.82) is 0 Å². The molecule has 3 nitrogen and oxygen atoms in total. The molecular weight excluding hydrogens is 166 g/mol. The lowest BCUT2D eigenvalue weighted by Crippen LogP contribution is -2.22. The monoisotopic (exact) mass is 175 g/mol. The fourth-order valence-corrected chi connectivity index (χ4v) is 1.71. The van der Waals surface area contributed by atoms with Crippen LogP contribution >= 0.6 is 0 Å². The SMILES string of the molecule is C1=C2COc3ccccc3C2NO1. The van der Waals surface area contributed by atoms with Crippen LogP contribution in [0, 0.1) is 0 Å². The molecule has 0 aliphatic carbocycles. The summed E-state index contributed by atoms with van der Waals surface area (Å²) in [6.45, 7) is 0.620. The summed E-state index contributed by atoms with van der Waals surface area (Å²) in [5, 5.41) is 0. The van der Waals surface area contributed by atoms with Gasteiger partial charge in [0.05, 0.1) is 6.04 Å². The molecule has 1 aromatic rings. The second-order valence-corrected chi connectivity index (χ2v) is 3.19. The maximum absolute atomic E-state index is 5.55. The molecule has 0 amide bonds. The van der Waals surface area contributed by atoms with Crippen molar-refractivity contribution in [2.75, 3.05) is 6.61 Å². The van der Waals surface area contributed by atoms with Gasteiger partial charge in [-0.25, -0.2) is 0 Å². The molecule has 3 heteroatoms. The van der Waals surface area contributed by atoms with Gasteiger partial charge in [0.15, 0.2) is 0 Å². The maximum Gasteiger partial charge on any atom is 0.125 e. The Morgan fingerprint density at radius 3 is 3.23 bits per heavy atom. The number of hydrogen-bond acceptors (Lipinski definition) is 3.